The highest BCUT2D eigenvalue weighted by Gasteiger charge is 2.05. The zero-order chi connectivity index (χ0) is 7.98. The number of aliphatic hydroxyl groups is 1. The Morgan fingerprint density at radius 3 is 2.60 bits per heavy atom. The third-order valence-corrected chi connectivity index (χ3v) is 1.86. The molecule has 1 atom stereocenters. The van der Waals surface area contributed by atoms with Crippen molar-refractivity contribution in [3.05, 3.63) is 17.9 Å². The maximum absolute atomic E-state index is 8.65. The van der Waals surface area contributed by atoms with Crippen LogP contribution in [0.15, 0.2) is 17.9 Å². The van der Waals surface area contributed by atoms with Crippen molar-refractivity contribution in [3.63, 3.8) is 0 Å². The fourth-order valence-electron chi connectivity index (χ4n) is 1.03. The minimum absolute atomic E-state index is 0.261. The number of hydrogen-bond acceptors (Lipinski definition) is 1. The van der Waals surface area contributed by atoms with Crippen LogP contribution in [0.1, 0.15) is 26.7 Å². The molecule has 0 radical (unpaired) electrons. The predicted octanol–water partition coefficient (Wildman–Crippen LogP) is 2.13. The van der Waals surface area contributed by atoms with Crippen molar-refractivity contribution in [1.82, 2.24) is 0 Å². The van der Waals surface area contributed by atoms with Crippen molar-refractivity contribution in [3.8, 4) is 0 Å². The second kappa shape index (κ2) is 5.28. The van der Waals surface area contributed by atoms with Gasteiger partial charge in [0.05, 0.1) is 0 Å². The maximum atomic E-state index is 8.65. The lowest BCUT2D eigenvalue weighted by Crippen LogP contribution is -2.02. The van der Waals surface area contributed by atoms with Crippen LogP contribution in [-0.2, 0) is 0 Å². The van der Waals surface area contributed by atoms with E-state index in [4.69, 9.17) is 5.11 Å². The zero-order valence-corrected chi connectivity index (χ0v) is 6.85. The molecule has 0 amide bonds. The minimum atomic E-state index is 0.261. The summed E-state index contributed by atoms with van der Waals surface area (Å²) >= 11 is 0. The van der Waals surface area contributed by atoms with Crippen LogP contribution in [0.3, 0.4) is 0 Å². The second-order valence-corrected chi connectivity index (χ2v) is 2.48. The van der Waals surface area contributed by atoms with Gasteiger partial charge in [-0.25, -0.2) is 0 Å². The highest BCUT2D eigenvalue weighted by atomic mass is 16.3. The van der Waals surface area contributed by atoms with Crippen LogP contribution in [0, 0.1) is 5.92 Å². The van der Waals surface area contributed by atoms with Gasteiger partial charge in [0.25, 0.3) is 0 Å². The standard InChI is InChI=1S/C9H16O/c1-4-8(3)9(5-2)6-7-10/h9-10H,1,5-7H2,2-3H3. The molecule has 1 N–H and O–H groups in total. The van der Waals surface area contributed by atoms with E-state index >= 15 is 0 Å². The van der Waals surface area contributed by atoms with Crippen molar-refractivity contribution in [2.24, 2.45) is 5.92 Å². The molecule has 0 fully saturated rings. The Balaban J connectivity index is 3.93. The fourth-order valence-corrected chi connectivity index (χ4v) is 1.03. The molecule has 0 aromatic heterocycles. The van der Waals surface area contributed by atoms with Gasteiger partial charge in [0.2, 0.25) is 0 Å². The van der Waals surface area contributed by atoms with Crippen molar-refractivity contribution < 1.29 is 5.11 Å². The largest absolute Gasteiger partial charge is 0.396 e. The molecular weight excluding hydrogens is 124 g/mol. The van der Waals surface area contributed by atoms with Gasteiger partial charge in [-0.15, -0.1) is 5.73 Å². The average Bonchev–Trinajstić information content (AvgIpc) is 1.99. The molecule has 0 saturated heterocycles. The molecule has 0 aliphatic rings. The highest BCUT2D eigenvalue weighted by molar-refractivity contribution is 4.99. The van der Waals surface area contributed by atoms with E-state index in [9.17, 15) is 0 Å². The summed E-state index contributed by atoms with van der Waals surface area (Å²) < 4.78 is 0. The van der Waals surface area contributed by atoms with E-state index in [-0.39, 0.29) is 6.61 Å². The molecule has 1 unspecified atom stereocenters. The quantitative estimate of drug-likeness (QED) is 0.593. The lowest BCUT2D eigenvalue weighted by atomic mass is 9.95. The van der Waals surface area contributed by atoms with Gasteiger partial charge in [0.1, 0.15) is 0 Å². The SMILES string of the molecule is C=C=C(C)C(CC)CCO. The summed E-state index contributed by atoms with van der Waals surface area (Å²) in [5.41, 5.74) is 4.02. The Morgan fingerprint density at radius 1 is 1.70 bits per heavy atom. The van der Waals surface area contributed by atoms with E-state index in [0.717, 1.165) is 18.4 Å². The van der Waals surface area contributed by atoms with Gasteiger partial charge in [-0.1, -0.05) is 13.5 Å². The third-order valence-electron chi connectivity index (χ3n) is 1.86. The molecule has 58 valence electrons. The molecule has 1 nitrogen and oxygen atoms in total. The fraction of sp³-hybridized carbons (Fsp3) is 0.667. The molecule has 0 saturated carbocycles. The van der Waals surface area contributed by atoms with Gasteiger partial charge in [0, 0.05) is 6.61 Å². The summed E-state index contributed by atoms with van der Waals surface area (Å²) in [6, 6.07) is 0. The number of rotatable bonds is 4. The van der Waals surface area contributed by atoms with Crippen molar-refractivity contribution in [2.45, 2.75) is 26.7 Å². The van der Waals surface area contributed by atoms with Gasteiger partial charge in [-0.2, -0.15) is 0 Å². The first kappa shape index (κ1) is 9.48. The molecule has 10 heavy (non-hydrogen) atoms. The molecule has 0 aromatic carbocycles. The molecule has 0 heterocycles. The predicted molar refractivity (Wildman–Crippen MR) is 43.8 cm³/mol. The lowest BCUT2D eigenvalue weighted by molar-refractivity contribution is 0.265. The van der Waals surface area contributed by atoms with Crippen LogP contribution in [0.4, 0.5) is 0 Å². The van der Waals surface area contributed by atoms with Crippen molar-refractivity contribution in [2.75, 3.05) is 6.61 Å². The van der Waals surface area contributed by atoms with Gasteiger partial charge < -0.3 is 5.11 Å². The molecule has 0 aliphatic heterocycles. The summed E-state index contributed by atoms with van der Waals surface area (Å²) in [5.74, 6) is 0.475. The highest BCUT2D eigenvalue weighted by Crippen LogP contribution is 2.16. The first-order valence-corrected chi connectivity index (χ1v) is 3.73. The van der Waals surface area contributed by atoms with Gasteiger partial charge in [-0.3, -0.25) is 0 Å². The third kappa shape index (κ3) is 2.86. The smallest absolute Gasteiger partial charge is 0.0436 e. The van der Waals surface area contributed by atoms with Crippen molar-refractivity contribution >= 4 is 0 Å². The van der Waals surface area contributed by atoms with Crippen LogP contribution in [0.25, 0.3) is 0 Å². The second-order valence-electron chi connectivity index (χ2n) is 2.48. The summed E-state index contributed by atoms with van der Waals surface area (Å²) in [5, 5.41) is 8.65. The summed E-state index contributed by atoms with van der Waals surface area (Å²) in [4.78, 5) is 0. The van der Waals surface area contributed by atoms with E-state index < -0.39 is 0 Å². The van der Waals surface area contributed by atoms with Gasteiger partial charge in [-0.05, 0) is 31.3 Å². The lowest BCUT2D eigenvalue weighted by Gasteiger charge is -2.11. The topological polar surface area (TPSA) is 20.2 Å². The van der Waals surface area contributed by atoms with Crippen LogP contribution in [-0.4, -0.2) is 11.7 Å². The first-order chi connectivity index (χ1) is 4.76. The minimum Gasteiger partial charge on any atom is -0.396 e. The van der Waals surface area contributed by atoms with Crippen molar-refractivity contribution in [1.29, 1.82) is 0 Å². The number of aliphatic hydroxyl groups excluding tert-OH is 1. The zero-order valence-electron chi connectivity index (χ0n) is 6.85. The van der Waals surface area contributed by atoms with Gasteiger partial charge >= 0.3 is 0 Å². The number of hydrogen-bond donors (Lipinski definition) is 1. The number of allylic oxidation sites excluding steroid dienone is 1. The molecular formula is C9H16O. The Bertz CT molecular complexity index is 132. The summed E-state index contributed by atoms with van der Waals surface area (Å²) in [6.07, 6.45) is 1.90. The van der Waals surface area contributed by atoms with Crippen LogP contribution >= 0.6 is 0 Å². The van der Waals surface area contributed by atoms with E-state index in [1.165, 1.54) is 0 Å². The molecule has 1 heteroatoms. The van der Waals surface area contributed by atoms with Gasteiger partial charge in [0.15, 0.2) is 0 Å². The molecule has 0 aromatic rings. The molecule has 0 bridgehead atoms. The monoisotopic (exact) mass is 140 g/mol. The van der Waals surface area contributed by atoms with Crippen LogP contribution in [0.2, 0.25) is 0 Å². The van der Waals surface area contributed by atoms with Crippen LogP contribution in [0.5, 0.6) is 0 Å². The summed E-state index contributed by atoms with van der Waals surface area (Å²) in [6.45, 7) is 7.95. The Labute approximate surface area is 63.1 Å². The normalized spacial score (nSPS) is 12.3. The first-order valence-electron chi connectivity index (χ1n) is 3.73. The molecule has 0 rings (SSSR count). The summed E-state index contributed by atoms with van der Waals surface area (Å²) in [7, 11) is 0. The molecule has 0 aliphatic carbocycles. The maximum Gasteiger partial charge on any atom is 0.0436 e. The Hall–Kier alpha value is -0.520. The molecule has 0 spiro atoms. The van der Waals surface area contributed by atoms with Crippen LogP contribution < -0.4 is 0 Å². The Morgan fingerprint density at radius 2 is 2.30 bits per heavy atom. The average molecular weight is 140 g/mol. The van der Waals surface area contributed by atoms with E-state index in [1.54, 1.807) is 0 Å². The Kier molecular flexibility index (Phi) is 5.00. The van der Waals surface area contributed by atoms with E-state index in [1.807, 2.05) is 6.92 Å². The van der Waals surface area contributed by atoms with E-state index in [2.05, 4.69) is 19.2 Å². The van der Waals surface area contributed by atoms with E-state index in [0.29, 0.717) is 5.92 Å².